The third-order valence-corrected chi connectivity index (χ3v) is 2.29. The lowest BCUT2D eigenvalue weighted by Crippen LogP contribution is -2.18. The molecule has 0 fully saturated rings. The van der Waals surface area contributed by atoms with Gasteiger partial charge in [-0.2, -0.15) is 5.10 Å². The number of ether oxygens (including phenoxy) is 1. The SMILES string of the molecule is Cn1ccc(NC(=O)c2cccc(OC(F)(F)F)c2)n1. The lowest BCUT2D eigenvalue weighted by Gasteiger charge is -2.09. The maximum atomic E-state index is 12.1. The third kappa shape index (κ3) is 3.74. The third-order valence-electron chi connectivity index (χ3n) is 2.29. The number of nitrogens with zero attached hydrogens (tertiary/aromatic N) is 2. The van der Waals surface area contributed by atoms with Crippen molar-refractivity contribution in [2.75, 3.05) is 5.32 Å². The van der Waals surface area contributed by atoms with E-state index >= 15 is 0 Å². The molecule has 1 amide bonds. The van der Waals surface area contributed by atoms with E-state index in [0.717, 1.165) is 12.1 Å². The molecule has 1 aromatic carbocycles. The summed E-state index contributed by atoms with van der Waals surface area (Å²) >= 11 is 0. The van der Waals surface area contributed by atoms with Gasteiger partial charge in [-0.15, -0.1) is 13.2 Å². The number of hydrogen-bond donors (Lipinski definition) is 1. The lowest BCUT2D eigenvalue weighted by molar-refractivity contribution is -0.274. The molecule has 0 aliphatic carbocycles. The highest BCUT2D eigenvalue weighted by molar-refractivity contribution is 6.03. The van der Waals surface area contributed by atoms with E-state index in [1.807, 2.05) is 0 Å². The van der Waals surface area contributed by atoms with Crippen LogP contribution in [-0.4, -0.2) is 22.1 Å². The van der Waals surface area contributed by atoms with Crippen molar-refractivity contribution in [2.45, 2.75) is 6.36 Å². The van der Waals surface area contributed by atoms with Gasteiger partial charge < -0.3 is 10.1 Å². The molecule has 0 radical (unpaired) electrons. The molecule has 0 saturated heterocycles. The van der Waals surface area contributed by atoms with Crippen LogP contribution in [0.1, 0.15) is 10.4 Å². The first-order chi connectivity index (χ1) is 9.33. The fourth-order valence-electron chi connectivity index (χ4n) is 1.50. The number of hydrogen-bond acceptors (Lipinski definition) is 3. The van der Waals surface area contributed by atoms with E-state index in [4.69, 9.17) is 0 Å². The van der Waals surface area contributed by atoms with Crippen LogP contribution in [0.25, 0.3) is 0 Å². The van der Waals surface area contributed by atoms with E-state index in [1.54, 1.807) is 19.3 Å². The lowest BCUT2D eigenvalue weighted by atomic mass is 10.2. The Labute approximate surface area is 112 Å². The fraction of sp³-hybridized carbons (Fsp3) is 0.167. The van der Waals surface area contributed by atoms with Gasteiger partial charge in [-0.25, -0.2) is 0 Å². The topological polar surface area (TPSA) is 56.2 Å². The number of aromatic nitrogens is 2. The van der Waals surface area contributed by atoms with E-state index in [9.17, 15) is 18.0 Å². The molecule has 0 aliphatic heterocycles. The summed E-state index contributed by atoms with van der Waals surface area (Å²) in [5, 5.41) is 6.39. The minimum Gasteiger partial charge on any atom is -0.406 e. The van der Waals surface area contributed by atoms with E-state index in [0.29, 0.717) is 5.82 Å². The summed E-state index contributed by atoms with van der Waals surface area (Å²) in [6.45, 7) is 0. The highest BCUT2D eigenvalue weighted by atomic mass is 19.4. The minimum atomic E-state index is -4.80. The van der Waals surface area contributed by atoms with Crippen molar-refractivity contribution in [1.82, 2.24) is 9.78 Å². The second-order valence-corrected chi connectivity index (χ2v) is 3.90. The highest BCUT2D eigenvalue weighted by Gasteiger charge is 2.31. The molecule has 20 heavy (non-hydrogen) atoms. The molecule has 0 unspecified atom stereocenters. The van der Waals surface area contributed by atoms with Gasteiger partial charge in [0, 0.05) is 24.9 Å². The second kappa shape index (κ2) is 5.24. The van der Waals surface area contributed by atoms with Gasteiger partial charge in [-0.3, -0.25) is 9.48 Å². The smallest absolute Gasteiger partial charge is 0.406 e. The van der Waals surface area contributed by atoms with E-state index in [-0.39, 0.29) is 5.56 Å². The number of anilines is 1. The molecule has 1 aromatic heterocycles. The van der Waals surface area contributed by atoms with Crippen LogP contribution >= 0.6 is 0 Å². The van der Waals surface area contributed by atoms with Gasteiger partial charge in [0.2, 0.25) is 0 Å². The number of rotatable bonds is 3. The largest absolute Gasteiger partial charge is 0.573 e. The first kappa shape index (κ1) is 13.9. The van der Waals surface area contributed by atoms with Crippen LogP contribution < -0.4 is 10.1 Å². The normalized spacial score (nSPS) is 11.2. The summed E-state index contributed by atoms with van der Waals surface area (Å²) in [6.07, 6.45) is -3.17. The molecule has 0 atom stereocenters. The first-order valence-electron chi connectivity index (χ1n) is 5.50. The quantitative estimate of drug-likeness (QED) is 0.943. The van der Waals surface area contributed by atoms with E-state index in [1.165, 1.54) is 16.8 Å². The summed E-state index contributed by atoms with van der Waals surface area (Å²) in [6, 6.07) is 6.36. The number of carbonyl (C=O) groups excluding carboxylic acids is 1. The van der Waals surface area contributed by atoms with Crippen LogP contribution in [0, 0.1) is 0 Å². The molecule has 0 aliphatic rings. The molecule has 2 aromatic rings. The average Bonchev–Trinajstić information content (AvgIpc) is 2.73. The molecule has 0 saturated carbocycles. The highest BCUT2D eigenvalue weighted by Crippen LogP contribution is 2.23. The molecule has 0 spiro atoms. The molecule has 1 heterocycles. The molecule has 8 heteroatoms. The number of alkyl halides is 3. The van der Waals surface area contributed by atoms with E-state index in [2.05, 4.69) is 15.2 Å². The van der Waals surface area contributed by atoms with Crippen LogP contribution in [0.3, 0.4) is 0 Å². The van der Waals surface area contributed by atoms with Crippen molar-refractivity contribution in [3.05, 3.63) is 42.1 Å². The van der Waals surface area contributed by atoms with Crippen LogP contribution in [0.5, 0.6) is 5.75 Å². The Kier molecular flexibility index (Phi) is 3.64. The number of halogens is 3. The van der Waals surface area contributed by atoms with Gasteiger partial charge in [-0.1, -0.05) is 6.07 Å². The van der Waals surface area contributed by atoms with Crippen LogP contribution in [0.4, 0.5) is 19.0 Å². The van der Waals surface area contributed by atoms with E-state index < -0.39 is 18.0 Å². The fourth-order valence-corrected chi connectivity index (χ4v) is 1.50. The summed E-state index contributed by atoms with van der Waals surface area (Å²) < 4.78 is 41.5. The molecular formula is C12H10F3N3O2. The zero-order chi connectivity index (χ0) is 14.8. The first-order valence-corrected chi connectivity index (χ1v) is 5.50. The Morgan fingerprint density at radius 2 is 2.10 bits per heavy atom. The summed E-state index contributed by atoms with van der Waals surface area (Å²) in [4.78, 5) is 11.8. The molecule has 2 rings (SSSR count). The van der Waals surface area contributed by atoms with Crippen molar-refractivity contribution in [1.29, 1.82) is 0 Å². The van der Waals surface area contributed by atoms with Crippen molar-refractivity contribution < 1.29 is 22.7 Å². The number of aryl methyl sites for hydroxylation is 1. The molecule has 0 bridgehead atoms. The Morgan fingerprint density at radius 3 is 2.70 bits per heavy atom. The van der Waals surface area contributed by atoms with Gasteiger partial charge in [0.1, 0.15) is 5.75 Å². The van der Waals surface area contributed by atoms with Crippen molar-refractivity contribution in [2.24, 2.45) is 7.05 Å². The number of carbonyl (C=O) groups is 1. The van der Waals surface area contributed by atoms with Gasteiger partial charge in [-0.05, 0) is 18.2 Å². The van der Waals surface area contributed by atoms with Gasteiger partial charge in [0.05, 0.1) is 0 Å². The Balaban J connectivity index is 2.12. The zero-order valence-corrected chi connectivity index (χ0v) is 10.3. The summed E-state index contributed by atoms with van der Waals surface area (Å²) in [7, 11) is 1.67. The monoisotopic (exact) mass is 285 g/mol. The second-order valence-electron chi connectivity index (χ2n) is 3.90. The Hall–Kier alpha value is -2.51. The Morgan fingerprint density at radius 1 is 1.35 bits per heavy atom. The number of amides is 1. The Bertz CT molecular complexity index is 622. The van der Waals surface area contributed by atoms with Crippen molar-refractivity contribution in [3.8, 4) is 5.75 Å². The average molecular weight is 285 g/mol. The number of benzene rings is 1. The standard InChI is InChI=1S/C12H10F3N3O2/c1-18-6-5-10(17-18)16-11(19)8-3-2-4-9(7-8)20-12(13,14)15/h2-7H,1H3,(H,16,17,19). The predicted molar refractivity (Wildman–Crippen MR) is 64.3 cm³/mol. The summed E-state index contributed by atoms with van der Waals surface area (Å²) in [5.74, 6) is -0.720. The van der Waals surface area contributed by atoms with Gasteiger partial charge in [0.25, 0.3) is 5.91 Å². The zero-order valence-electron chi connectivity index (χ0n) is 10.3. The van der Waals surface area contributed by atoms with Crippen LogP contribution in [0.2, 0.25) is 0 Å². The molecule has 1 N–H and O–H groups in total. The van der Waals surface area contributed by atoms with Crippen molar-refractivity contribution in [3.63, 3.8) is 0 Å². The molecule has 106 valence electrons. The van der Waals surface area contributed by atoms with Crippen molar-refractivity contribution >= 4 is 11.7 Å². The minimum absolute atomic E-state index is 0.0393. The van der Waals surface area contributed by atoms with Gasteiger partial charge >= 0.3 is 6.36 Å². The maximum absolute atomic E-state index is 12.1. The molecular weight excluding hydrogens is 275 g/mol. The van der Waals surface area contributed by atoms with Crippen LogP contribution in [-0.2, 0) is 7.05 Å². The van der Waals surface area contributed by atoms with Gasteiger partial charge in [0.15, 0.2) is 5.82 Å². The predicted octanol–water partition coefficient (Wildman–Crippen LogP) is 2.57. The number of nitrogens with one attached hydrogen (secondary N) is 1. The molecule has 5 nitrogen and oxygen atoms in total. The summed E-state index contributed by atoms with van der Waals surface area (Å²) in [5.41, 5.74) is 0.0393. The van der Waals surface area contributed by atoms with Crippen LogP contribution in [0.15, 0.2) is 36.5 Å². The maximum Gasteiger partial charge on any atom is 0.573 e.